The highest BCUT2D eigenvalue weighted by Crippen LogP contribution is 2.46. The first-order valence-electron chi connectivity index (χ1n) is 5.27. The monoisotopic (exact) mass is 245 g/mol. The van der Waals surface area contributed by atoms with Crippen molar-refractivity contribution in [3.63, 3.8) is 0 Å². The van der Waals surface area contributed by atoms with E-state index in [1.54, 1.807) is 6.07 Å². The third-order valence-electron chi connectivity index (χ3n) is 2.83. The van der Waals surface area contributed by atoms with Crippen LogP contribution in [-0.2, 0) is 0 Å². The predicted octanol–water partition coefficient (Wildman–Crippen LogP) is 3.02. The van der Waals surface area contributed by atoms with Crippen LogP contribution in [0.1, 0.15) is 18.2 Å². The number of rotatable bonds is 2. The molecule has 0 aliphatic heterocycles. The van der Waals surface area contributed by atoms with Crippen LogP contribution in [0, 0.1) is 17.2 Å². The molecule has 1 saturated carbocycles. The predicted molar refractivity (Wildman–Crippen MR) is 61.2 cm³/mol. The fourth-order valence-electron chi connectivity index (χ4n) is 1.75. The quantitative estimate of drug-likeness (QED) is 0.816. The summed E-state index contributed by atoms with van der Waals surface area (Å²) >= 11 is 6.05. The number of halogens is 1. The van der Waals surface area contributed by atoms with E-state index >= 15 is 0 Å². The number of benzene rings is 1. The van der Waals surface area contributed by atoms with Gasteiger partial charge in [-0.2, -0.15) is 10.2 Å². The Kier molecular flexibility index (Phi) is 2.34. The molecule has 5 heteroatoms. The maximum atomic E-state index is 8.74. The summed E-state index contributed by atoms with van der Waals surface area (Å²) in [5.41, 5.74) is 0.748. The van der Waals surface area contributed by atoms with Crippen LogP contribution in [0.15, 0.2) is 28.8 Å². The van der Waals surface area contributed by atoms with E-state index in [1.165, 1.54) is 0 Å². The summed E-state index contributed by atoms with van der Waals surface area (Å²) in [6.07, 6.45) is 0.806. The molecule has 2 atom stereocenters. The molecule has 2 aromatic rings. The summed E-state index contributed by atoms with van der Waals surface area (Å²) < 4.78 is 5.16. The van der Waals surface area contributed by atoms with Gasteiger partial charge in [-0.25, -0.2) is 0 Å². The van der Waals surface area contributed by atoms with Gasteiger partial charge >= 0.3 is 0 Å². The molecule has 0 spiro atoms. The number of hydrogen-bond donors (Lipinski definition) is 0. The topological polar surface area (TPSA) is 62.7 Å². The summed E-state index contributed by atoms with van der Waals surface area (Å²) in [6, 6.07) is 9.53. The second-order valence-electron chi connectivity index (χ2n) is 4.01. The van der Waals surface area contributed by atoms with Crippen molar-refractivity contribution in [2.75, 3.05) is 0 Å². The standard InChI is InChI=1S/C12H8ClN3O/c13-10-4-2-1-3-8(10)11-15-12(17-16-11)9-5-7(9)6-14/h1-4,7,9H,5H2. The lowest BCUT2D eigenvalue weighted by atomic mass is 10.2. The fourth-order valence-corrected chi connectivity index (χ4v) is 1.97. The van der Waals surface area contributed by atoms with Crippen LogP contribution in [0.25, 0.3) is 11.4 Å². The van der Waals surface area contributed by atoms with Crippen molar-refractivity contribution in [2.45, 2.75) is 12.3 Å². The maximum Gasteiger partial charge on any atom is 0.231 e. The van der Waals surface area contributed by atoms with E-state index < -0.39 is 0 Å². The van der Waals surface area contributed by atoms with E-state index in [0.717, 1.165) is 12.0 Å². The molecule has 1 aromatic heterocycles. The van der Waals surface area contributed by atoms with E-state index in [0.29, 0.717) is 16.7 Å². The van der Waals surface area contributed by atoms with Gasteiger partial charge in [-0.3, -0.25) is 0 Å². The van der Waals surface area contributed by atoms with Crippen molar-refractivity contribution in [3.8, 4) is 17.5 Å². The molecule has 0 N–H and O–H groups in total. The summed E-state index contributed by atoms with van der Waals surface area (Å²) in [6.45, 7) is 0. The van der Waals surface area contributed by atoms with Crippen LogP contribution >= 0.6 is 11.6 Å². The lowest BCUT2D eigenvalue weighted by Gasteiger charge is -1.95. The Hall–Kier alpha value is -1.86. The summed E-state index contributed by atoms with van der Waals surface area (Å²) in [4.78, 5) is 4.29. The van der Waals surface area contributed by atoms with E-state index in [1.807, 2.05) is 18.2 Å². The molecule has 2 unspecified atom stereocenters. The number of aromatic nitrogens is 2. The number of nitriles is 1. The first-order valence-corrected chi connectivity index (χ1v) is 5.65. The Morgan fingerprint density at radius 1 is 1.41 bits per heavy atom. The molecule has 0 amide bonds. The van der Waals surface area contributed by atoms with Gasteiger partial charge in [0.15, 0.2) is 0 Å². The van der Waals surface area contributed by atoms with Crippen molar-refractivity contribution >= 4 is 11.6 Å². The van der Waals surface area contributed by atoms with Crippen LogP contribution in [0.3, 0.4) is 0 Å². The first-order chi connectivity index (χ1) is 8.29. The largest absolute Gasteiger partial charge is 0.339 e. The van der Waals surface area contributed by atoms with Crippen LogP contribution in [0.4, 0.5) is 0 Å². The first kappa shape index (κ1) is 10.3. The summed E-state index contributed by atoms with van der Waals surface area (Å²) in [5.74, 6) is 1.14. The summed E-state index contributed by atoms with van der Waals surface area (Å²) in [5, 5.41) is 13.2. The average molecular weight is 246 g/mol. The molecule has 84 valence electrons. The molecule has 17 heavy (non-hydrogen) atoms. The normalized spacial score (nSPS) is 22.1. The van der Waals surface area contributed by atoms with Gasteiger partial charge in [0.2, 0.25) is 11.7 Å². The summed E-state index contributed by atoms with van der Waals surface area (Å²) in [7, 11) is 0. The van der Waals surface area contributed by atoms with Crippen LogP contribution < -0.4 is 0 Å². The molecule has 1 aromatic carbocycles. The zero-order valence-corrected chi connectivity index (χ0v) is 9.55. The van der Waals surface area contributed by atoms with Gasteiger partial charge in [0, 0.05) is 5.56 Å². The van der Waals surface area contributed by atoms with E-state index in [-0.39, 0.29) is 11.8 Å². The molecule has 1 fully saturated rings. The molecule has 0 saturated heterocycles. The smallest absolute Gasteiger partial charge is 0.231 e. The molecule has 1 heterocycles. The minimum atomic E-state index is 0.0227. The Labute approximate surface area is 103 Å². The van der Waals surface area contributed by atoms with Gasteiger partial charge in [-0.1, -0.05) is 28.9 Å². The number of nitrogens with zero attached hydrogens (tertiary/aromatic N) is 3. The zero-order valence-electron chi connectivity index (χ0n) is 8.80. The van der Waals surface area contributed by atoms with Crippen molar-refractivity contribution < 1.29 is 4.52 Å². The van der Waals surface area contributed by atoms with Crippen molar-refractivity contribution in [1.29, 1.82) is 5.26 Å². The van der Waals surface area contributed by atoms with Gasteiger partial charge in [0.1, 0.15) is 0 Å². The Morgan fingerprint density at radius 2 is 2.24 bits per heavy atom. The van der Waals surface area contributed by atoms with Crippen LogP contribution in [0.2, 0.25) is 5.02 Å². The Bertz CT molecular complexity index is 602. The molecular weight excluding hydrogens is 238 g/mol. The third-order valence-corrected chi connectivity index (χ3v) is 3.16. The van der Waals surface area contributed by atoms with Gasteiger partial charge in [-0.15, -0.1) is 0 Å². The van der Waals surface area contributed by atoms with E-state index in [4.69, 9.17) is 21.4 Å². The fraction of sp³-hybridized carbons (Fsp3) is 0.250. The van der Waals surface area contributed by atoms with Crippen LogP contribution in [-0.4, -0.2) is 10.1 Å². The van der Waals surface area contributed by atoms with Gasteiger partial charge in [0.25, 0.3) is 0 Å². The molecule has 1 aliphatic rings. The highest BCUT2D eigenvalue weighted by Gasteiger charge is 2.43. The number of hydrogen-bond acceptors (Lipinski definition) is 4. The minimum absolute atomic E-state index is 0.0227. The van der Waals surface area contributed by atoms with Gasteiger partial charge in [-0.05, 0) is 18.6 Å². The lowest BCUT2D eigenvalue weighted by Crippen LogP contribution is -1.84. The van der Waals surface area contributed by atoms with Gasteiger partial charge in [0.05, 0.1) is 22.9 Å². The molecular formula is C12H8ClN3O. The highest BCUT2D eigenvalue weighted by atomic mass is 35.5. The Balaban J connectivity index is 1.92. The van der Waals surface area contributed by atoms with Gasteiger partial charge < -0.3 is 4.52 Å². The second-order valence-corrected chi connectivity index (χ2v) is 4.42. The van der Waals surface area contributed by atoms with E-state index in [2.05, 4.69) is 16.2 Å². The molecule has 3 rings (SSSR count). The molecule has 0 radical (unpaired) electrons. The van der Waals surface area contributed by atoms with Crippen LogP contribution in [0.5, 0.6) is 0 Å². The Morgan fingerprint density at radius 3 is 2.94 bits per heavy atom. The van der Waals surface area contributed by atoms with Crippen molar-refractivity contribution in [1.82, 2.24) is 10.1 Å². The zero-order chi connectivity index (χ0) is 11.8. The SMILES string of the molecule is N#CC1CC1c1nc(-c2ccccc2Cl)no1. The average Bonchev–Trinajstić information content (AvgIpc) is 2.99. The van der Waals surface area contributed by atoms with Crippen molar-refractivity contribution in [3.05, 3.63) is 35.2 Å². The molecule has 1 aliphatic carbocycles. The molecule has 4 nitrogen and oxygen atoms in total. The van der Waals surface area contributed by atoms with E-state index in [9.17, 15) is 0 Å². The maximum absolute atomic E-state index is 8.74. The highest BCUT2D eigenvalue weighted by molar-refractivity contribution is 6.33. The lowest BCUT2D eigenvalue weighted by molar-refractivity contribution is 0.378. The third kappa shape index (κ3) is 1.79. The van der Waals surface area contributed by atoms with Crippen molar-refractivity contribution in [2.24, 2.45) is 5.92 Å². The minimum Gasteiger partial charge on any atom is -0.339 e. The second kappa shape index (κ2) is 3.86. The molecule has 0 bridgehead atoms.